The van der Waals surface area contributed by atoms with Crippen LogP contribution in [-0.4, -0.2) is 48.1 Å². The Morgan fingerprint density at radius 3 is 2.26 bits per heavy atom. The van der Waals surface area contributed by atoms with E-state index in [-0.39, 0.29) is 23.2 Å². The van der Waals surface area contributed by atoms with Gasteiger partial charge in [-0.05, 0) is 37.1 Å². The minimum atomic E-state index is -0.441. The Hall–Kier alpha value is -2.80. The minimum Gasteiger partial charge on any atom is -0.469 e. The molecular weight excluding hydrogens is 414 g/mol. The van der Waals surface area contributed by atoms with Gasteiger partial charge in [-0.2, -0.15) is 11.8 Å². The summed E-state index contributed by atoms with van der Waals surface area (Å²) < 4.78 is 10.6. The molecule has 1 fully saturated rings. The fourth-order valence-electron chi connectivity index (χ4n) is 3.53. The SMILES string of the molecule is COC(=O)CCCCC1SCC(NC(=O)c2ccccc2)C1OC(=O)c1ccccc1. The van der Waals surface area contributed by atoms with E-state index in [2.05, 4.69) is 10.1 Å². The number of carbonyl (C=O) groups excluding carboxylic acids is 3. The number of nitrogens with one attached hydrogen (secondary N) is 1. The zero-order chi connectivity index (χ0) is 22.1. The first kappa shape index (κ1) is 22.9. The Morgan fingerprint density at radius 2 is 1.61 bits per heavy atom. The number of thioether (sulfide) groups is 1. The van der Waals surface area contributed by atoms with Crippen molar-refractivity contribution in [2.24, 2.45) is 0 Å². The van der Waals surface area contributed by atoms with Gasteiger partial charge in [-0.3, -0.25) is 9.59 Å². The highest BCUT2D eigenvalue weighted by atomic mass is 32.2. The number of amides is 1. The number of rotatable bonds is 9. The number of ether oxygens (including phenoxy) is 2. The molecule has 1 heterocycles. The van der Waals surface area contributed by atoms with Gasteiger partial charge >= 0.3 is 11.9 Å². The van der Waals surface area contributed by atoms with Gasteiger partial charge in [0, 0.05) is 23.0 Å². The molecule has 0 spiro atoms. The van der Waals surface area contributed by atoms with Crippen molar-refractivity contribution in [3.63, 3.8) is 0 Å². The molecule has 1 aliphatic rings. The lowest BCUT2D eigenvalue weighted by molar-refractivity contribution is -0.140. The lowest BCUT2D eigenvalue weighted by Crippen LogP contribution is -2.46. The van der Waals surface area contributed by atoms with Crippen LogP contribution in [0, 0.1) is 0 Å². The monoisotopic (exact) mass is 441 g/mol. The molecule has 0 bridgehead atoms. The van der Waals surface area contributed by atoms with E-state index in [1.54, 1.807) is 48.2 Å². The van der Waals surface area contributed by atoms with Crippen LogP contribution in [-0.2, 0) is 14.3 Å². The second kappa shape index (κ2) is 11.6. The molecule has 31 heavy (non-hydrogen) atoms. The maximum Gasteiger partial charge on any atom is 0.338 e. The highest BCUT2D eigenvalue weighted by Crippen LogP contribution is 2.34. The summed E-state index contributed by atoms with van der Waals surface area (Å²) >= 11 is 1.69. The van der Waals surface area contributed by atoms with Crippen molar-refractivity contribution in [1.82, 2.24) is 5.32 Å². The van der Waals surface area contributed by atoms with Crippen LogP contribution in [0.2, 0.25) is 0 Å². The van der Waals surface area contributed by atoms with Crippen LogP contribution >= 0.6 is 11.8 Å². The smallest absolute Gasteiger partial charge is 0.338 e. The van der Waals surface area contributed by atoms with Gasteiger partial charge in [-0.1, -0.05) is 42.8 Å². The molecule has 6 nitrogen and oxygen atoms in total. The van der Waals surface area contributed by atoms with Crippen LogP contribution in [0.1, 0.15) is 46.4 Å². The molecular formula is C24H27NO5S. The quantitative estimate of drug-likeness (QED) is 0.470. The van der Waals surface area contributed by atoms with Crippen molar-refractivity contribution in [3.8, 4) is 0 Å². The number of carbonyl (C=O) groups is 3. The van der Waals surface area contributed by atoms with Crippen molar-refractivity contribution in [2.45, 2.75) is 43.1 Å². The number of hydrogen-bond acceptors (Lipinski definition) is 6. The molecule has 1 amide bonds. The third-order valence-corrected chi connectivity index (χ3v) is 6.69. The van der Waals surface area contributed by atoms with Crippen LogP contribution in [0.5, 0.6) is 0 Å². The van der Waals surface area contributed by atoms with Gasteiger partial charge in [0.1, 0.15) is 6.10 Å². The van der Waals surface area contributed by atoms with Crippen LogP contribution in [0.3, 0.4) is 0 Å². The second-order valence-corrected chi connectivity index (χ2v) is 8.65. The summed E-state index contributed by atoms with van der Waals surface area (Å²) in [4.78, 5) is 36.7. The normalized spacial score (nSPS) is 20.1. The summed E-state index contributed by atoms with van der Waals surface area (Å²) in [5.74, 6) is -0.142. The van der Waals surface area contributed by atoms with Gasteiger partial charge in [0.2, 0.25) is 0 Å². The van der Waals surface area contributed by atoms with E-state index >= 15 is 0 Å². The molecule has 0 aliphatic carbocycles. The number of unbranched alkanes of at least 4 members (excludes halogenated alkanes) is 1. The summed E-state index contributed by atoms with van der Waals surface area (Å²) in [7, 11) is 1.38. The lowest BCUT2D eigenvalue weighted by atomic mass is 10.0. The Morgan fingerprint density at radius 1 is 0.968 bits per heavy atom. The molecule has 0 aromatic heterocycles. The van der Waals surface area contributed by atoms with Crippen molar-refractivity contribution in [3.05, 3.63) is 71.8 Å². The predicted octanol–water partition coefficient (Wildman–Crippen LogP) is 3.86. The van der Waals surface area contributed by atoms with Crippen LogP contribution in [0.15, 0.2) is 60.7 Å². The molecule has 7 heteroatoms. The van der Waals surface area contributed by atoms with Gasteiger partial charge in [0.15, 0.2) is 0 Å². The molecule has 3 atom stereocenters. The fraction of sp³-hybridized carbons (Fsp3) is 0.375. The standard InChI is InChI=1S/C24H27NO5S/c1-29-21(26)15-9-8-14-20-22(30-24(28)18-12-6-3-7-13-18)19(16-31-20)25-23(27)17-10-4-2-5-11-17/h2-7,10-13,19-20,22H,8-9,14-16H2,1H3,(H,25,27). The maximum atomic E-state index is 12.7. The van der Waals surface area contributed by atoms with Crippen molar-refractivity contribution in [1.29, 1.82) is 0 Å². The molecule has 164 valence electrons. The number of methoxy groups -OCH3 is 1. The Balaban J connectivity index is 1.66. The summed E-state index contributed by atoms with van der Waals surface area (Å²) in [6.07, 6.45) is 2.24. The van der Waals surface area contributed by atoms with Crippen LogP contribution in [0.4, 0.5) is 0 Å². The van der Waals surface area contributed by atoms with Crippen molar-refractivity contribution in [2.75, 3.05) is 12.9 Å². The fourth-order valence-corrected chi connectivity index (χ4v) is 5.03. The van der Waals surface area contributed by atoms with Gasteiger partial charge in [-0.15, -0.1) is 0 Å². The molecule has 0 saturated carbocycles. The molecule has 1 N–H and O–H groups in total. The summed E-state index contributed by atoms with van der Waals surface area (Å²) in [5.41, 5.74) is 1.05. The van der Waals surface area contributed by atoms with Gasteiger partial charge in [-0.25, -0.2) is 4.79 Å². The third-order valence-electron chi connectivity index (χ3n) is 5.21. The molecule has 1 aliphatic heterocycles. The summed E-state index contributed by atoms with van der Waals surface area (Å²) in [6.45, 7) is 0. The van der Waals surface area contributed by atoms with Crippen molar-refractivity contribution >= 4 is 29.6 Å². The summed E-state index contributed by atoms with van der Waals surface area (Å²) in [5, 5.41) is 3.09. The Bertz CT molecular complexity index is 874. The minimum absolute atomic E-state index is 0.0476. The van der Waals surface area contributed by atoms with E-state index in [0.29, 0.717) is 29.7 Å². The number of benzene rings is 2. The van der Waals surface area contributed by atoms with Crippen molar-refractivity contribution < 1.29 is 23.9 Å². The number of hydrogen-bond donors (Lipinski definition) is 1. The van der Waals surface area contributed by atoms with Crippen LogP contribution in [0.25, 0.3) is 0 Å². The summed E-state index contributed by atoms with van der Waals surface area (Å²) in [6, 6.07) is 17.6. The van der Waals surface area contributed by atoms with E-state index < -0.39 is 12.1 Å². The first-order valence-electron chi connectivity index (χ1n) is 10.4. The van der Waals surface area contributed by atoms with E-state index in [9.17, 15) is 14.4 Å². The zero-order valence-corrected chi connectivity index (χ0v) is 18.3. The number of esters is 2. The molecule has 3 rings (SSSR count). The zero-order valence-electron chi connectivity index (χ0n) is 17.5. The molecule has 2 aromatic carbocycles. The van der Waals surface area contributed by atoms with E-state index in [1.807, 2.05) is 24.3 Å². The van der Waals surface area contributed by atoms with Gasteiger partial charge in [0.05, 0.1) is 18.7 Å². The van der Waals surface area contributed by atoms with Gasteiger partial charge < -0.3 is 14.8 Å². The topological polar surface area (TPSA) is 81.7 Å². The van der Waals surface area contributed by atoms with Crippen LogP contribution < -0.4 is 5.32 Å². The first-order chi connectivity index (χ1) is 15.1. The molecule has 1 saturated heterocycles. The lowest BCUT2D eigenvalue weighted by Gasteiger charge is -2.25. The largest absolute Gasteiger partial charge is 0.469 e. The first-order valence-corrected chi connectivity index (χ1v) is 11.4. The van der Waals surface area contributed by atoms with E-state index in [1.165, 1.54) is 7.11 Å². The average molecular weight is 442 g/mol. The molecule has 2 aromatic rings. The third kappa shape index (κ3) is 6.59. The van der Waals surface area contributed by atoms with E-state index in [4.69, 9.17) is 4.74 Å². The highest BCUT2D eigenvalue weighted by molar-refractivity contribution is 8.00. The second-order valence-electron chi connectivity index (χ2n) is 7.38. The highest BCUT2D eigenvalue weighted by Gasteiger charge is 2.40. The van der Waals surface area contributed by atoms with E-state index in [0.717, 1.165) is 12.8 Å². The predicted molar refractivity (Wildman–Crippen MR) is 120 cm³/mol. The molecule has 3 unspecified atom stereocenters. The molecule has 0 radical (unpaired) electrons. The maximum absolute atomic E-state index is 12.7. The van der Waals surface area contributed by atoms with Gasteiger partial charge in [0.25, 0.3) is 5.91 Å². The Labute approximate surface area is 186 Å². The average Bonchev–Trinajstić information content (AvgIpc) is 3.18. The Kier molecular flexibility index (Phi) is 8.53.